The quantitative estimate of drug-likeness (QED) is 0.313. The van der Waals surface area contributed by atoms with Gasteiger partial charge in [-0.25, -0.2) is 14.5 Å². The number of urea groups is 1. The number of imide groups is 2. The van der Waals surface area contributed by atoms with Gasteiger partial charge in [-0.1, -0.05) is 35.9 Å². The summed E-state index contributed by atoms with van der Waals surface area (Å²) in [7, 11) is 1.25. The number of anilines is 1. The Morgan fingerprint density at radius 1 is 1.00 bits per heavy atom. The normalized spacial score (nSPS) is 14.6. The van der Waals surface area contributed by atoms with Crippen molar-refractivity contribution in [3.63, 3.8) is 0 Å². The molecule has 1 N–H and O–H groups in total. The fraction of sp³-hybridized carbons (Fsp3) is 0.0769. The molecule has 1 aliphatic heterocycles. The van der Waals surface area contributed by atoms with Gasteiger partial charge in [-0.15, -0.1) is 0 Å². The minimum absolute atomic E-state index is 0.193. The van der Waals surface area contributed by atoms with Crippen LogP contribution in [0.5, 0.6) is 5.75 Å². The maximum absolute atomic E-state index is 13.1. The number of ether oxygens (including phenoxy) is 2. The van der Waals surface area contributed by atoms with Crippen LogP contribution in [0.2, 0.25) is 5.02 Å². The van der Waals surface area contributed by atoms with Crippen molar-refractivity contribution in [2.45, 2.75) is 6.61 Å². The molecule has 1 saturated heterocycles. The van der Waals surface area contributed by atoms with E-state index < -0.39 is 23.8 Å². The fourth-order valence-electron chi connectivity index (χ4n) is 3.36. The summed E-state index contributed by atoms with van der Waals surface area (Å²) in [5.74, 6) is -1.63. The van der Waals surface area contributed by atoms with E-state index >= 15 is 0 Å². The summed E-state index contributed by atoms with van der Waals surface area (Å²) in [6, 6.07) is 18.9. The largest absolute Gasteiger partial charge is 0.489 e. The van der Waals surface area contributed by atoms with Gasteiger partial charge < -0.3 is 9.47 Å². The molecule has 35 heavy (non-hydrogen) atoms. The number of rotatable bonds is 6. The molecule has 0 radical (unpaired) electrons. The number of amides is 4. The number of nitrogens with zero attached hydrogens (tertiary/aromatic N) is 1. The zero-order chi connectivity index (χ0) is 24.9. The third-order valence-electron chi connectivity index (χ3n) is 5.14. The summed E-state index contributed by atoms with van der Waals surface area (Å²) in [6.07, 6.45) is 1.38. The van der Waals surface area contributed by atoms with Crippen molar-refractivity contribution in [3.05, 3.63) is 100 Å². The van der Waals surface area contributed by atoms with Crippen molar-refractivity contribution < 1.29 is 28.7 Å². The van der Waals surface area contributed by atoms with Crippen molar-refractivity contribution in [2.75, 3.05) is 12.0 Å². The fourth-order valence-corrected chi connectivity index (χ4v) is 3.49. The second-order valence-corrected chi connectivity index (χ2v) is 7.92. The molecule has 1 fully saturated rings. The first-order valence-corrected chi connectivity index (χ1v) is 10.8. The zero-order valence-electron chi connectivity index (χ0n) is 18.5. The van der Waals surface area contributed by atoms with Gasteiger partial charge in [-0.3, -0.25) is 14.9 Å². The van der Waals surface area contributed by atoms with E-state index in [0.717, 1.165) is 10.5 Å². The number of carbonyl (C=O) groups excluding carboxylic acids is 4. The Kier molecular flexibility index (Phi) is 6.93. The molecule has 0 aliphatic carbocycles. The van der Waals surface area contributed by atoms with Crippen LogP contribution < -0.4 is 15.0 Å². The Balaban J connectivity index is 1.55. The molecule has 0 atom stereocenters. The van der Waals surface area contributed by atoms with Crippen molar-refractivity contribution in [2.24, 2.45) is 0 Å². The van der Waals surface area contributed by atoms with Gasteiger partial charge in [-0.2, -0.15) is 0 Å². The van der Waals surface area contributed by atoms with Crippen molar-refractivity contribution >= 4 is 47.2 Å². The number of benzene rings is 3. The molecule has 0 aromatic heterocycles. The van der Waals surface area contributed by atoms with Crippen LogP contribution in [0, 0.1) is 0 Å². The lowest BCUT2D eigenvalue weighted by Gasteiger charge is -2.26. The van der Waals surface area contributed by atoms with E-state index in [2.05, 4.69) is 10.1 Å². The van der Waals surface area contributed by atoms with Gasteiger partial charge in [0, 0.05) is 5.02 Å². The van der Waals surface area contributed by atoms with Crippen LogP contribution in [-0.4, -0.2) is 30.9 Å². The molecule has 0 spiro atoms. The van der Waals surface area contributed by atoms with Gasteiger partial charge in [0.1, 0.15) is 17.9 Å². The van der Waals surface area contributed by atoms with E-state index in [4.69, 9.17) is 16.3 Å². The predicted octanol–water partition coefficient (Wildman–Crippen LogP) is 4.37. The summed E-state index contributed by atoms with van der Waals surface area (Å²) >= 11 is 5.90. The van der Waals surface area contributed by atoms with Gasteiger partial charge in [0.25, 0.3) is 11.8 Å². The first kappa shape index (κ1) is 23.7. The zero-order valence-corrected chi connectivity index (χ0v) is 19.2. The number of hydrogen-bond donors (Lipinski definition) is 1. The lowest BCUT2D eigenvalue weighted by Crippen LogP contribution is -2.54. The highest BCUT2D eigenvalue weighted by Gasteiger charge is 2.36. The van der Waals surface area contributed by atoms with Crippen LogP contribution in [0.4, 0.5) is 10.5 Å². The summed E-state index contributed by atoms with van der Waals surface area (Å²) in [5.41, 5.74) is 1.68. The average Bonchev–Trinajstić information content (AvgIpc) is 2.86. The number of barbiturate groups is 1. The Morgan fingerprint density at radius 3 is 2.40 bits per heavy atom. The molecular weight excluding hydrogens is 472 g/mol. The van der Waals surface area contributed by atoms with Crippen LogP contribution in [0.25, 0.3) is 6.08 Å². The number of esters is 1. The third-order valence-corrected chi connectivity index (χ3v) is 5.39. The van der Waals surface area contributed by atoms with E-state index in [1.807, 2.05) is 12.1 Å². The Hall–Kier alpha value is -4.43. The molecule has 4 rings (SSSR count). The molecule has 0 unspecified atom stereocenters. The highest BCUT2D eigenvalue weighted by molar-refractivity contribution is 6.39. The Morgan fingerprint density at radius 2 is 1.71 bits per heavy atom. The summed E-state index contributed by atoms with van der Waals surface area (Å²) in [6.45, 7) is 0.306. The molecule has 9 heteroatoms. The van der Waals surface area contributed by atoms with Gasteiger partial charge in [0.2, 0.25) is 0 Å². The van der Waals surface area contributed by atoms with E-state index in [0.29, 0.717) is 22.9 Å². The van der Waals surface area contributed by atoms with Gasteiger partial charge in [0.05, 0.1) is 18.4 Å². The first-order chi connectivity index (χ1) is 16.9. The molecule has 3 aromatic rings. The molecule has 4 amide bonds. The number of carbonyl (C=O) groups is 4. The number of methoxy groups -OCH3 is 1. The SMILES string of the molecule is COC(=O)c1ccc(N2C(=O)NC(=O)/C(=C\c3cccc(OCc4ccc(Cl)cc4)c3)C2=O)cc1. The van der Waals surface area contributed by atoms with Crippen molar-refractivity contribution in [1.82, 2.24) is 5.32 Å². The smallest absolute Gasteiger partial charge is 0.337 e. The molecule has 1 heterocycles. The Bertz CT molecular complexity index is 1330. The summed E-state index contributed by atoms with van der Waals surface area (Å²) in [5, 5.41) is 2.80. The molecule has 0 bridgehead atoms. The summed E-state index contributed by atoms with van der Waals surface area (Å²) < 4.78 is 10.5. The third kappa shape index (κ3) is 5.39. The molecule has 3 aromatic carbocycles. The highest BCUT2D eigenvalue weighted by Crippen LogP contribution is 2.24. The van der Waals surface area contributed by atoms with Crippen molar-refractivity contribution in [1.29, 1.82) is 0 Å². The van der Waals surface area contributed by atoms with Crippen LogP contribution >= 0.6 is 11.6 Å². The Labute approximate surface area is 205 Å². The lowest BCUT2D eigenvalue weighted by atomic mass is 10.1. The van der Waals surface area contributed by atoms with E-state index in [-0.39, 0.29) is 16.8 Å². The predicted molar refractivity (Wildman–Crippen MR) is 129 cm³/mol. The van der Waals surface area contributed by atoms with Crippen LogP contribution in [0.3, 0.4) is 0 Å². The van der Waals surface area contributed by atoms with Crippen molar-refractivity contribution in [3.8, 4) is 5.75 Å². The topological polar surface area (TPSA) is 102 Å². The molecule has 1 aliphatic rings. The van der Waals surface area contributed by atoms with Crippen LogP contribution in [0.1, 0.15) is 21.5 Å². The van der Waals surface area contributed by atoms with Crippen LogP contribution in [-0.2, 0) is 20.9 Å². The highest BCUT2D eigenvalue weighted by atomic mass is 35.5. The average molecular weight is 491 g/mol. The van der Waals surface area contributed by atoms with E-state index in [9.17, 15) is 19.2 Å². The van der Waals surface area contributed by atoms with Crippen LogP contribution in [0.15, 0.2) is 78.4 Å². The number of nitrogens with one attached hydrogen (secondary N) is 1. The lowest BCUT2D eigenvalue weighted by molar-refractivity contribution is -0.122. The standard InChI is InChI=1S/C26H19ClN2O6/c1-34-25(32)18-7-11-20(12-8-18)29-24(31)22(23(30)28-26(29)33)14-17-3-2-4-21(13-17)35-15-16-5-9-19(27)10-6-16/h2-14H,15H2,1H3,(H,28,30,33)/b22-14+. The molecular formula is C26H19ClN2O6. The second-order valence-electron chi connectivity index (χ2n) is 7.48. The van der Waals surface area contributed by atoms with E-state index in [1.165, 1.54) is 37.5 Å². The minimum Gasteiger partial charge on any atom is -0.489 e. The molecule has 8 nitrogen and oxygen atoms in total. The van der Waals surface area contributed by atoms with Gasteiger partial charge in [0.15, 0.2) is 0 Å². The minimum atomic E-state index is -0.886. The maximum atomic E-state index is 13.1. The molecule has 176 valence electrons. The second kappa shape index (κ2) is 10.2. The first-order valence-electron chi connectivity index (χ1n) is 10.4. The number of hydrogen-bond acceptors (Lipinski definition) is 6. The van der Waals surface area contributed by atoms with E-state index in [1.54, 1.807) is 36.4 Å². The summed E-state index contributed by atoms with van der Waals surface area (Å²) in [4.78, 5) is 50.4. The monoisotopic (exact) mass is 490 g/mol. The number of halogens is 1. The van der Waals surface area contributed by atoms with Gasteiger partial charge in [-0.05, 0) is 65.7 Å². The maximum Gasteiger partial charge on any atom is 0.337 e. The van der Waals surface area contributed by atoms with Gasteiger partial charge >= 0.3 is 12.0 Å². The molecule has 0 saturated carbocycles.